The summed E-state index contributed by atoms with van der Waals surface area (Å²) in [6.45, 7) is 2.60. The van der Waals surface area contributed by atoms with E-state index in [0.29, 0.717) is 31.9 Å². The molecular formula is C8H13N5O2S. The number of nitrogens with one attached hydrogen (secondary N) is 2. The Morgan fingerprint density at radius 3 is 2.75 bits per heavy atom. The number of anilines is 1. The third-order valence-corrected chi connectivity index (χ3v) is 3.29. The molecule has 1 fully saturated rings. The molecule has 2 rings (SSSR count). The second kappa shape index (κ2) is 4.74. The van der Waals surface area contributed by atoms with Gasteiger partial charge in [-0.25, -0.2) is 4.98 Å². The van der Waals surface area contributed by atoms with Gasteiger partial charge in [0.05, 0.1) is 0 Å². The van der Waals surface area contributed by atoms with E-state index in [1.165, 1.54) is 16.4 Å². The monoisotopic (exact) mass is 243 g/mol. The minimum Gasteiger partial charge on any atom is -0.345 e. The largest absolute Gasteiger partial charge is 0.345 e. The van der Waals surface area contributed by atoms with Crippen LogP contribution in [-0.4, -0.2) is 52.5 Å². The summed E-state index contributed by atoms with van der Waals surface area (Å²) in [4.78, 5) is 6.27. The molecule has 0 spiro atoms. The fourth-order valence-corrected chi connectivity index (χ4v) is 2.34. The quantitative estimate of drug-likeness (QED) is 0.331. The van der Waals surface area contributed by atoms with Gasteiger partial charge in [0, 0.05) is 31.6 Å². The molecule has 7 nitrogen and oxygen atoms in total. The van der Waals surface area contributed by atoms with E-state index in [0.717, 1.165) is 5.13 Å². The van der Waals surface area contributed by atoms with Crippen LogP contribution in [0.25, 0.3) is 0 Å². The Morgan fingerprint density at radius 2 is 2.12 bits per heavy atom. The van der Waals surface area contributed by atoms with Crippen LogP contribution in [0.1, 0.15) is 5.69 Å². The number of hydroxylamine groups is 3. The van der Waals surface area contributed by atoms with Gasteiger partial charge in [0.2, 0.25) is 0 Å². The van der Waals surface area contributed by atoms with Crippen LogP contribution in [0.15, 0.2) is 5.38 Å². The summed E-state index contributed by atoms with van der Waals surface area (Å²) in [7, 11) is 0. The Balaban J connectivity index is 2.04. The molecule has 0 unspecified atom stereocenters. The molecule has 1 aliphatic rings. The highest BCUT2D eigenvalue weighted by molar-refractivity contribution is 7.13. The van der Waals surface area contributed by atoms with Gasteiger partial charge < -0.3 is 10.1 Å². The molecule has 1 aliphatic heterocycles. The van der Waals surface area contributed by atoms with E-state index in [-0.39, 0.29) is 5.84 Å². The van der Waals surface area contributed by atoms with E-state index in [1.807, 2.05) is 4.90 Å². The predicted octanol–water partition coefficient (Wildman–Crippen LogP) is -0.0415. The first-order valence-corrected chi connectivity index (χ1v) is 5.72. The highest BCUT2D eigenvalue weighted by Crippen LogP contribution is 2.21. The molecule has 0 radical (unpaired) electrons. The van der Waals surface area contributed by atoms with Crippen molar-refractivity contribution < 1.29 is 10.4 Å². The molecule has 1 saturated heterocycles. The summed E-state index contributed by atoms with van der Waals surface area (Å²) < 4.78 is 0. The molecule has 0 aromatic carbocycles. The number of thiazole rings is 1. The third kappa shape index (κ3) is 2.30. The van der Waals surface area contributed by atoms with Crippen molar-refractivity contribution in [2.45, 2.75) is 0 Å². The van der Waals surface area contributed by atoms with Gasteiger partial charge in [-0.1, -0.05) is 0 Å². The van der Waals surface area contributed by atoms with Crippen molar-refractivity contribution in [1.82, 2.24) is 15.5 Å². The average Bonchev–Trinajstić information content (AvgIpc) is 2.78. The SMILES string of the molecule is N=C(NO)c1csc(N2CCN(O)CC2)n1. The molecule has 16 heavy (non-hydrogen) atoms. The van der Waals surface area contributed by atoms with Gasteiger partial charge in [-0.15, -0.1) is 11.3 Å². The highest BCUT2D eigenvalue weighted by atomic mass is 32.1. The molecule has 8 heteroatoms. The smallest absolute Gasteiger partial charge is 0.186 e. The van der Waals surface area contributed by atoms with E-state index in [2.05, 4.69) is 4.98 Å². The second-order valence-electron chi connectivity index (χ2n) is 3.44. The lowest BCUT2D eigenvalue weighted by Gasteiger charge is -2.30. The van der Waals surface area contributed by atoms with Gasteiger partial charge in [-0.3, -0.25) is 16.1 Å². The van der Waals surface area contributed by atoms with Crippen molar-refractivity contribution in [2.24, 2.45) is 0 Å². The average molecular weight is 243 g/mol. The fourth-order valence-electron chi connectivity index (χ4n) is 1.47. The lowest BCUT2D eigenvalue weighted by atomic mass is 10.4. The second-order valence-corrected chi connectivity index (χ2v) is 4.28. The van der Waals surface area contributed by atoms with Crippen LogP contribution in [-0.2, 0) is 0 Å². The first-order valence-electron chi connectivity index (χ1n) is 4.84. The van der Waals surface area contributed by atoms with Crippen LogP contribution in [0.3, 0.4) is 0 Å². The van der Waals surface area contributed by atoms with Gasteiger partial charge >= 0.3 is 0 Å². The van der Waals surface area contributed by atoms with Gasteiger partial charge in [0.25, 0.3) is 0 Å². The summed E-state index contributed by atoms with van der Waals surface area (Å²) in [6.07, 6.45) is 0. The van der Waals surface area contributed by atoms with Crippen LogP contribution in [0.5, 0.6) is 0 Å². The molecule has 1 aromatic heterocycles. The van der Waals surface area contributed by atoms with E-state index >= 15 is 0 Å². The summed E-state index contributed by atoms with van der Waals surface area (Å²) >= 11 is 1.42. The standard InChI is InChI=1S/C8H13N5O2S/c9-7(11-14)6-5-16-8(10-6)12-1-3-13(15)4-2-12/h5,14-15H,1-4H2,(H2,9,11). The zero-order valence-electron chi connectivity index (χ0n) is 8.55. The predicted molar refractivity (Wildman–Crippen MR) is 59.4 cm³/mol. The van der Waals surface area contributed by atoms with Gasteiger partial charge in [0.1, 0.15) is 5.69 Å². The van der Waals surface area contributed by atoms with E-state index < -0.39 is 0 Å². The fraction of sp³-hybridized carbons (Fsp3) is 0.500. The first-order chi connectivity index (χ1) is 7.70. The summed E-state index contributed by atoms with van der Waals surface area (Å²) in [5.41, 5.74) is 2.19. The normalized spacial score (nSPS) is 17.5. The number of hydrogen-bond acceptors (Lipinski definition) is 7. The molecule has 0 aliphatic carbocycles. The molecule has 4 N–H and O–H groups in total. The maximum absolute atomic E-state index is 9.22. The minimum atomic E-state index is -0.108. The Labute approximate surface area is 96.4 Å². The van der Waals surface area contributed by atoms with Crippen LogP contribution >= 0.6 is 11.3 Å². The van der Waals surface area contributed by atoms with Crippen molar-refractivity contribution in [3.63, 3.8) is 0 Å². The van der Waals surface area contributed by atoms with Crippen molar-refractivity contribution in [3.8, 4) is 0 Å². The number of aromatic nitrogens is 1. The zero-order chi connectivity index (χ0) is 11.5. The number of rotatable bonds is 2. The van der Waals surface area contributed by atoms with E-state index in [9.17, 15) is 5.21 Å². The molecule has 0 saturated carbocycles. The first kappa shape index (κ1) is 11.3. The maximum atomic E-state index is 9.22. The summed E-state index contributed by atoms with van der Waals surface area (Å²) in [5.74, 6) is -0.108. The van der Waals surface area contributed by atoms with Crippen LogP contribution in [0, 0.1) is 5.41 Å². The maximum Gasteiger partial charge on any atom is 0.186 e. The summed E-state index contributed by atoms with van der Waals surface area (Å²) in [6, 6.07) is 0. The molecular weight excluding hydrogens is 230 g/mol. The molecule has 0 amide bonds. The number of amidine groups is 1. The number of hydrogen-bond donors (Lipinski definition) is 4. The van der Waals surface area contributed by atoms with Crippen molar-refractivity contribution >= 4 is 22.3 Å². The minimum absolute atomic E-state index is 0.108. The van der Waals surface area contributed by atoms with Crippen molar-refractivity contribution in [1.29, 1.82) is 5.41 Å². The van der Waals surface area contributed by atoms with Crippen molar-refractivity contribution in [2.75, 3.05) is 31.1 Å². The number of piperazine rings is 1. The zero-order valence-corrected chi connectivity index (χ0v) is 9.37. The van der Waals surface area contributed by atoms with Crippen molar-refractivity contribution in [3.05, 3.63) is 11.1 Å². The Morgan fingerprint density at radius 1 is 1.44 bits per heavy atom. The van der Waals surface area contributed by atoms with E-state index in [4.69, 9.17) is 10.6 Å². The molecule has 0 atom stereocenters. The molecule has 0 bridgehead atoms. The van der Waals surface area contributed by atoms with Gasteiger partial charge in [-0.2, -0.15) is 5.06 Å². The van der Waals surface area contributed by atoms with E-state index in [1.54, 1.807) is 10.9 Å². The number of nitrogens with zero attached hydrogens (tertiary/aromatic N) is 3. The topological polar surface area (TPSA) is 95.7 Å². The Bertz CT molecular complexity index is 374. The van der Waals surface area contributed by atoms with Gasteiger partial charge in [0.15, 0.2) is 11.0 Å². The lowest BCUT2D eigenvalue weighted by Crippen LogP contribution is -2.44. The molecule has 1 aromatic rings. The van der Waals surface area contributed by atoms with Gasteiger partial charge in [-0.05, 0) is 0 Å². The van der Waals surface area contributed by atoms with Crippen LogP contribution in [0.4, 0.5) is 5.13 Å². The third-order valence-electron chi connectivity index (χ3n) is 2.39. The Kier molecular flexibility index (Phi) is 3.34. The molecule has 2 heterocycles. The highest BCUT2D eigenvalue weighted by Gasteiger charge is 2.18. The summed E-state index contributed by atoms with van der Waals surface area (Å²) in [5, 5.41) is 29.0. The molecule has 88 valence electrons. The Hall–Kier alpha value is -1.22. The lowest BCUT2D eigenvalue weighted by molar-refractivity contribution is -0.0935. The van der Waals surface area contributed by atoms with Crippen LogP contribution < -0.4 is 10.4 Å². The van der Waals surface area contributed by atoms with Crippen LogP contribution in [0.2, 0.25) is 0 Å².